The topological polar surface area (TPSA) is 396 Å². The Morgan fingerprint density at radius 2 is 0.282 bits per heavy atom. The first-order chi connectivity index (χ1) is 18.7. The Hall–Kier alpha value is -5.75. The quantitative estimate of drug-likeness (QED) is 0.154. The first-order valence-corrected chi connectivity index (χ1v) is 26.6. The molecule has 0 amide bonds. The Labute approximate surface area is 237 Å². The number of hydrogen-bond donors (Lipinski definition) is 0. The predicted octanol–water partition coefficient (Wildman–Crippen LogP) is -1.76. The van der Waals surface area contributed by atoms with Crippen molar-refractivity contribution in [1.29, 1.82) is 63.1 Å². The second-order valence-electron chi connectivity index (χ2n) is 3.82. The molecule has 0 saturated carbocycles. The standard InChI is InChI=1S/12CHNO.3Pb/c12*2-1-3;;;/h12*3H;;;/q;;;;;;;;;;;;3*+4/p-12. The summed E-state index contributed by atoms with van der Waals surface area (Å²) in [6, 6.07) is 0. The van der Waals surface area contributed by atoms with Crippen LogP contribution in [-0.2, 0) is 32.2 Å². The molecule has 0 N–H and O–H groups in total. The van der Waals surface area contributed by atoms with E-state index in [2.05, 4.69) is 32.2 Å². The molecule has 27 heteroatoms. The van der Waals surface area contributed by atoms with Gasteiger partial charge in [0.15, 0.2) is 0 Å². The van der Waals surface area contributed by atoms with E-state index in [0.29, 0.717) is 0 Å². The van der Waals surface area contributed by atoms with Crippen molar-refractivity contribution in [3.05, 3.63) is 0 Å². The molecular formula is C12N12O12Pb3. The van der Waals surface area contributed by atoms with E-state index < -0.39 is 68.9 Å². The van der Waals surface area contributed by atoms with Gasteiger partial charge in [0.2, 0.25) is 0 Å². The average Bonchev–Trinajstić information content (AvgIpc) is 2.87. The molecule has 0 aromatic heterocycles. The van der Waals surface area contributed by atoms with Gasteiger partial charge in [-0.25, -0.2) is 0 Å². The third-order valence-corrected chi connectivity index (χ3v) is 18.0. The Bertz CT molecular complexity index is 943. The molecule has 0 heterocycles. The van der Waals surface area contributed by atoms with Crippen molar-refractivity contribution in [1.82, 2.24) is 0 Å². The predicted molar refractivity (Wildman–Crippen MR) is 97.6 cm³/mol. The molecule has 0 bridgehead atoms. The van der Waals surface area contributed by atoms with Crippen LogP contribution in [0.25, 0.3) is 0 Å². The third-order valence-electron chi connectivity index (χ3n) is 2.05. The van der Waals surface area contributed by atoms with Crippen molar-refractivity contribution in [2.45, 2.75) is 0 Å². The van der Waals surface area contributed by atoms with Crippen LogP contribution in [0.4, 0.5) is 0 Å². The van der Waals surface area contributed by atoms with E-state index >= 15 is 0 Å². The van der Waals surface area contributed by atoms with E-state index in [-0.39, 0.29) is 0 Å². The summed E-state index contributed by atoms with van der Waals surface area (Å²) in [6.07, 6.45) is 13.6. The number of rotatable bonds is 12. The average molecular weight is 1130 g/mol. The molecule has 39 heavy (non-hydrogen) atoms. The first-order valence-electron chi connectivity index (χ1n) is 7.58. The molecule has 0 aromatic rings. The molecule has 0 aliphatic rings. The van der Waals surface area contributed by atoms with Gasteiger partial charge in [-0.2, -0.15) is 0 Å². The summed E-state index contributed by atoms with van der Waals surface area (Å²) in [6.45, 7) is 0. The molecule has 0 radical (unpaired) electrons. The summed E-state index contributed by atoms with van der Waals surface area (Å²) in [5.74, 6) is 0. The molecule has 0 aromatic carbocycles. The van der Waals surface area contributed by atoms with Crippen LogP contribution in [0.2, 0.25) is 0 Å². The summed E-state index contributed by atoms with van der Waals surface area (Å²) in [4.78, 5) is 0. The SMILES string of the molecule is N#C[O][Pb]([O]C#N)([O]C#N)[O]C#N.N#C[O][Pb]([O]C#N)([O]C#N)[O]C#N.N#C[O][Pb]([O]C#N)([O]C#N)[O]C#N. The van der Waals surface area contributed by atoms with Gasteiger partial charge in [-0.3, -0.25) is 0 Å². The van der Waals surface area contributed by atoms with Gasteiger partial charge in [0, 0.05) is 0 Å². The van der Waals surface area contributed by atoms with Gasteiger partial charge < -0.3 is 0 Å². The normalized spacial score (nSPS) is 7.69. The summed E-state index contributed by atoms with van der Waals surface area (Å²) < 4.78 is 49.7. The Morgan fingerprint density at radius 1 is 0.205 bits per heavy atom. The van der Waals surface area contributed by atoms with Gasteiger partial charge in [0.25, 0.3) is 0 Å². The number of nitrogens with zero attached hydrogens (tertiary/aromatic N) is 12. The fraction of sp³-hybridized carbons (Fsp3) is 0. The van der Waals surface area contributed by atoms with E-state index in [1.54, 1.807) is 0 Å². The number of hydrogen-bond acceptors (Lipinski definition) is 24. The Balaban J connectivity index is -0.000000498. The van der Waals surface area contributed by atoms with E-state index in [9.17, 15) is 0 Å². The molecule has 24 nitrogen and oxygen atoms in total. The molecule has 0 atom stereocenters. The van der Waals surface area contributed by atoms with Crippen molar-refractivity contribution in [2.75, 3.05) is 0 Å². The van der Waals surface area contributed by atoms with Crippen LogP contribution < -0.4 is 0 Å². The zero-order valence-electron chi connectivity index (χ0n) is 17.8. The minimum atomic E-state index is -5.14. The number of nitriles is 12. The van der Waals surface area contributed by atoms with Crippen LogP contribution >= 0.6 is 0 Å². The van der Waals surface area contributed by atoms with E-state index in [0.717, 1.165) is 75.1 Å². The molecule has 0 rings (SSSR count). The third kappa shape index (κ3) is 16.5. The van der Waals surface area contributed by atoms with Gasteiger partial charge in [0.05, 0.1) is 0 Å². The molecule has 192 valence electrons. The van der Waals surface area contributed by atoms with Gasteiger partial charge in [-0.15, -0.1) is 0 Å². The summed E-state index contributed by atoms with van der Waals surface area (Å²) in [5.41, 5.74) is 0. The fourth-order valence-electron chi connectivity index (χ4n) is 1.05. The van der Waals surface area contributed by atoms with E-state index in [4.69, 9.17) is 63.1 Å². The maximum atomic E-state index is 8.10. The van der Waals surface area contributed by atoms with Crippen LogP contribution in [-0.4, -0.2) is 68.9 Å². The van der Waals surface area contributed by atoms with E-state index in [1.165, 1.54) is 0 Å². The van der Waals surface area contributed by atoms with Crippen molar-refractivity contribution < 1.29 is 32.2 Å². The molecule has 0 unspecified atom stereocenters. The molecule has 0 aliphatic carbocycles. The van der Waals surface area contributed by atoms with Crippen LogP contribution in [0.1, 0.15) is 0 Å². The Kier molecular flexibility index (Phi) is 23.2. The maximum absolute atomic E-state index is 8.10. The summed E-state index contributed by atoms with van der Waals surface area (Å²) in [5, 5.41) is 97.2. The molecule has 0 fully saturated rings. The summed E-state index contributed by atoms with van der Waals surface area (Å²) in [7, 11) is 0. The van der Waals surface area contributed by atoms with Gasteiger partial charge in [-0.05, 0) is 0 Å². The van der Waals surface area contributed by atoms with Gasteiger partial charge in [0.1, 0.15) is 0 Å². The zero-order valence-corrected chi connectivity index (χ0v) is 29.4. The first kappa shape index (κ1) is 37.8. The van der Waals surface area contributed by atoms with Crippen LogP contribution in [0.3, 0.4) is 0 Å². The minimum absolute atomic E-state index is 1.13. The Morgan fingerprint density at radius 3 is 0.333 bits per heavy atom. The summed E-state index contributed by atoms with van der Waals surface area (Å²) >= 11 is -15.4. The zero-order chi connectivity index (χ0) is 30.5. The molecule has 0 aliphatic heterocycles. The van der Waals surface area contributed by atoms with Crippen LogP contribution in [0.5, 0.6) is 0 Å². The van der Waals surface area contributed by atoms with Gasteiger partial charge >= 0.3 is 239 Å². The molecule has 0 saturated heterocycles. The second kappa shape index (κ2) is 24.0. The molecular weight excluding hydrogens is 1130 g/mol. The van der Waals surface area contributed by atoms with Crippen molar-refractivity contribution in [3.8, 4) is 75.1 Å². The monoisotopic (exact) mass is 1130 g/mol. The van der Waals surface area contributed by atoms with Gasteiger partial charge in [-0.1, -0.05) is 0 Å². The van der Waals surface area contributed by atoms with E-state index in [1.807, 2.05) is 0 Å². The van der Waals surface area contributed by atoms with Crippen molar-refractivity contribution in [3.63, 3.8) is 0 Å². The van der Waals surface area contributed by atoms with Crippen molar-refractivity contribution >= 4 is 68.9 Å². The molecule has 0 spiro atoms. The fourth-order valence-corrected chi connectivity index (χ4v) is 9.18. The second-order valence-corrected chi connectivity index (χ2v) is 25.0. The van der Waals surface area contributed by atoms with Crippen LogP contribution in [0, 0.1) is 138 Å². The van der Waals surface area contributed by atoms with Crippen molar-refractivity contribution in [2.24, 2.45) is 0 Å². The van der Waals surface area contributed by atoms with Crippen LogP contribution in [0.15, 0.2) is 0 Å².